The van der Waals surface area contributed by atoms with Crippen molar-refractivity contribution in [1.82, 2.24) is 0 Å². The summed E-state index contributed by atoms with van der Waals surface area (Å²) in [4.78, 5) is 34.9. The lowest BCUT2D eigenvalue weighted by atomic mass is 9.85. The molecule has 1 aliphatic carbocycles. The molecule has 0 aliphatic heterocycles. The molecule has 0 aromatic carbocycles. The summed E-state index contributed by atoms with van der Waals surface area (Å²) in [6.45, 7) is 2.14. The molecule has 6 nitrogen and oxygen atoms in total. The van der Waals surface area contributed by atoms with E-state index in [0.29, 0.717) is 16.5 Å². The molecule has 1 aliphatic rings. The fourth-order valence-corrected chi connectivity index (χ4v) is 4.02. The van der Waals surface area contributed by atoms with E-state index in [9.17, 15) is 14.4 Å². The van der Waals surface area contributed by atoms with Crippen LogP contribution in [0.1, 0.15) is 40.6 Å². The predicted octanol–water partition coefficient (Wildman–Crippen LogP) is 1.94. The molecule has 0 fully saturated rings. The highest BCUT2D eigenvalue weighted by Gasteiger charge is 2.27. The van der Waals surface area contributed by atoms with Crippen molar-refractivity contribution in [2.45, 2.75) is 32.6 Å². The van der Waals surface area contributed by atoms with Crippen molar-refractivity contribution in [3.63, 3.8) is 0 Å². The average Bonchev–Trinajstić information content (AvgIpc) is 2.81. The van der Waals surface area contributed by atoms with Gasteiger partial charge in [-0.3, -0.25) is 9.59 Å². The number of aliphatic carboxylic acids is 1. The van der Waals surface area contributed by atoms with E-state index < -0.39 is 17.8 Å². The largest absolute Gasteiger partial charge is 0.478 e. The molecular weight excluding hydrogens is 304 g/mol. The Kier molecular flexibility index (Phi) is 4.97. The molecule has 22 heavy (non-hydrogen) atoms. The van der Waals surface area contributed by atoms with Gasteiger partial charge in [0.1, 0.15) is 5.00 Å². The highest BCUT2D eigenvalue weighted by molar-refractivity contribution is 7.17. The molecule has 1 aromatic rings. The number of primary amides is 1. The van der Waals surface area contributed by atoms with Crippen molar-refractivity contribution in [3.8, 4) is 0 Å². The number of carbonyl (C=O) groups excluding carboxylic acids is 2. The Morgan fingerprint density at radius 2 is 2.14 bits per heavy atom. The molecule has 4 N–H and O–H groups in total. The lowest BCUT2D eigenvalue weighted by Crippen LogP contribution is -2.19. The molecule has 0 saturated carbocycles. The number of nitrogens with two attached hydrogens (primary N) is 1. The van der Waals surface area contributed by atoms with Gasteiger partial charge in [-0.15, -0.1) is 11.3 Å². The molecule has 1 heterocycles. The number of nitrogens with one attached hydrogen (secondary N) is 1. The zero-order chi connectivity index (χ0) is 16.3. The first-order valence-electron chi connectivity index (χ1n) is 7.08. The number of rotatable bonds is 5. The van der Waals surface area contributed by atoms with E-state index in [2.05, 4.69) is 12.2 Å². The Morgan fingerprint density at radius 1 is 1.41 bits per heavy atom. The van der Waals surface area contributed by atoms with E-state index in [0.717, 1.165) is 48.3 Å². The lowest BCUT2D eigenvalue weighted by Gasteiger charge is -2.20. The fourth-order valence-electron chi connectivity index (χ4n) is 2.65. The molecule has 0 saturated heterocycles. The fraction of sp³-hybridized carbons (Fsp3) is 0.400. The van der Waals surface area contributed by atoms with Crippen molar-refractivity contribution in [2.24, 2.45) is 11.7 Å². The summed E-state index contributed by atoms with van der Waals surface area (Å²) in [5.41, 5.74) is 6.75. The summed E-state index contributed by atoms with van der Waals surface area (Å²) < 4.78 is 0. The normalized spacial score (nSPS) is 17.2. The van der Waals surface area contributed by atoms with Gasteiger partial charge in [0, 0.05) is 17.0 Å². The maximum Gasteiger partial charge on any atom is 0.328 e. The van der Waals surface area contributed by atoms with Crippen LogP contribution >= 0.6 is 11.3 Å². The quantitative estimate of drug-likeness (QED) is 0.720. The van der Waals surface area contributed by atoms with Crippen LogP contribution < -0.4 is 11.1 Å². The zero-order valence-corrected chi connectivity index (χ0v) is 13.0. The van der Waals surface area contributed by atoms with Crippen LogP contribution in [0.5, 0.6) is 0 Å². The second kappa shape index (κ2) is 6.74. The maximum atomic E-state index is 11.7. The first-order chi connectivity index (χ1) is 10.4. The van der Waals surface area contributed by atoms with Crippen molar-refractivity contribution in [3.05, 3.63) is 28.2 Å². The number of carbonyl (C=O) groups is 3. The van der Waals surface area contributed by atoms with Crippen molar-refractivity contribution < 1.29 is 19.5 Å². The molecule has 0 spiro atoms. The van der Waals surface area contributed by atoms with Gasteiger partial charge in [0.2, 0.25) is 5.91 Å². The molecule has 118 valence electrons. The van der Waals surface area contributed by atoms with Gasteiger partial charge in [0.25, 0.3) is 5.91 Å². The van der Waals surface area contributed by atoms with E-state index in [-0.39, 0.29) is 0 Å². The summed E-state index contributed by atoms with van der Waals surface area (Å²) in [6.07, 6.45) is 5.42. The summed E-state index contributed by atoms with van der Waals surface area (Å²) in [5.74, 6) is -1.77. The van der Waals surface area contributed by atoms with E-state index >= 15 is 0 Å². The van der Waals surface area contributed by atoms with Crippen LogP contribution in [0.3, 0.4) is 0 Å². The molecular formula is C15H18N2O4S. The number of amides is 2. The number of hydrogen-bond acceptors (Lipinski definition) is 4. The minimum atomic E-state index is -1.21. The third-order valence-electron chi connectivity index (χ3n) is 3.81. The molecule has 1 aromatic heterocycles. The molecule has 7 heteroatoms. The second-order valence-electron chi connectivity index (χ2n) is 5.25. The lowest BCUT2D eigenvalue weighted by molar-refractivity contribution is -0.131. The summed E-state index contributed by atoms with van der Waals surface area (Å²) >= 11 is 1.36. The number of thiophene rings is 1. The average molecular weight is 322 g/mol. The van der Waals surface area contributed by atoms with Crippen molar-refractivity contribution in [1.29, 1.82) is 0 Å². The van der Waals surface area contributed by atoms with Gasteiger partial charge >= 0.3 is 5.97 Å². The molecule has 2 rings (SSSR count). The number of anilines is 1. The van der Waals surface area contributed by atoms with Crippen LogP contribution in [-0.4, -0.2) is 22.9 Å². The SMILES string of the molecule is CCC1CCc2c(sc(NC(=O)/C=C/C(=O)O)c2C(N)=O)C1. The van der Waals surface area contributed by atoms with E-state index in [1.165, 1.54) is 11.3 Å². The van der Waals surface area contributed by atoms with Crippen molar-refractivity contribution >= 4 is 34.1 Å². The highest BCUT2D eigenvalue weighted by atomic mass is 32.1. The Hall–Kier alpha value is -2.15. The summed E-state index contributed by atoms with van der Waals surface area (Å²) in [7, 11) is 0. The van der Waals surface area contributed by atoms with E-state index in [1.807, 2.05) is 0 Å². The van der Waals surface area contributed by atoms with Crippen LogP contribution in [0.15, 0.2) is 12.2 Å². The van der Waals surface area contributed by atoms with E-state index in [4.69, 9.17) is 10.8 Å². The van der Waals surface area contributed by atoms with Crippen molar-refractivity contribution in [2.75, 3.05) is 5.32 Å². The first-order valence-corrected chi connectivity index (χ1v) is 7.90. The van der Waals surface area contributed by atoms with Gasteiger partial charge in [-0.05, 0) is 30.7 Å². The van der Waals surface area contributed by atoms with Gasteiger partial charge in [-0.25, -0.2) is 4.79 Å². The molecule has 1 atom stereocenters. The predicted molar refractivity (Wildman–Crippen MR) is 84.0 cm³/mol. The van der Waals surface area contributed by atoms with Crippen LogP contribution in [-0.2, 0) is 22.4 Å². The first kappa shape index (κ1) is 16.2. The molecule has 1 unspecified atom stereocenters. The Morgan fingerprint density at radius 3 is 2.73 bits per heavy atom. The number of carboxylic acid groups (broad SMARTS) is 1. The smallest absolute Gasteiger partial charge is 0.328 e. The minimum absolute atomic E-state index is 0.367. The summed E-state index contributed by atoms with van der Waals surface area (Å²) in [5, 5.41) is 11.5. The third-order valence-corrected chi connectivity index (χ3v) is 4.97. The number of hydrogen-bond donors (Lipinski definition) is 3. The highest BCUT2D eigenvalue weighted by Crippen LogP contribution is 2.40. The number of fused-ring (bicyclic) bond motifs is 1. The summed E-state index contributed by atoms with van der Waals surface area (Å²) in [6, 6.07) is 0. The van der Waals surface area contributed by atoms with Crippen LogP contribution in [0, 0.1) is 5.92 Å². The van der Waals surface area contributed by atoms with Gasteiger partial charge in [0.15, 0.2) is 0 Å². The maximum absolute atomic E-state index is 11.7. The van der Waals surface area contributed by atoms with Gasteiger partial charge < -0.3 is 16.2 Å². The third kappa shape index (κ3) is 3.54. The van der Waals surface area contributed by atoms with Crippen LogP contribution in [0.4, 0.5) is 5.00 Å². The molecule has 2 amide bonds. The monoisotopic (exact) mass is 322 g/mol. The Balaban J connectivity index is 2.28. The Bertz CT molecular complexity index is 648. The Labute approximate surface area is 132 Å². The minimum Gasteiger partial charge on any atom is -0.478 e. The van der Waals surface area contributed by atoms with E-state index in [1.54, 1.807) is 0 Å². The van der Waals surface area contributed by atoms with Gasteiger partial charge in [0.05, 0.1) is 5.56 Å². The topological polar surface area (TPSA) is 109 Å². The molecule has 0 bridgehead atoms. The van der Waals surface area contributed by atoms with Gasteiger partial charge in [-0.1, -0.05) is 13.3 Å². The molecule has 0 radical (unpaired) electrons. The standard InChI is InChI=1S/C15H18N2O4S/c1-2-8-3-4-9-10(7-8)22-15(13(9)14(16)21)17-11(18)5-6-12(19)20/h5-6,8H,2-4,7H2,1H3,(H2,16,21)(H,17,18)(H,19,20)/b6-5+. The number of carboxylic acids is 1. The van der Waals surface area contributed by atoms with Crippen LogP contribution in [0.25, 0.3) is 0 Å². The zero-order valence-electron chi connectivity index (χ0n) is 12.2. The van der Waals surface area contributed by atoms with Gasteiger partial charge in [-0.2, -0.15) is 0 Å². The second-order valence-corrected chi connectivity index (χ2v) is 6.36. The van der Waals surface area contributed by atoms with Crippen LogP contribution in [0.2, 0.25) is 0 Å².